The molecule has 106 valence electrons. The van der Waals surface area contributed by atoms with Gasteiger partial charge in [-0.1, -0.05) is 32.1 Å². The topological polar surface area (TPSA) is 9.23 Å². The number of benzene rings is 1. The predicted octanol–water partition coefficient (Wildman–Crippen LogP) is 5.59. The molecule has 1 aliphatic rings. The lowest BCUT2D eigenvalue weighted by molar-refractivity contribution is 0.128. The van der Waals surface area contributed by atoms with Crippen molar-refractivity contribution in [2.24, 2.45) is 5.92 Å². The molecular weight excluding hydrogens is 347 g/mol. The molecule has 19 heavy (non-hydrogen) atoms. The summed E-state index contributed by atoms with van der Waals surface area (Å²) >= 11 is 2.40. The Morgan fingerprint density at radius 1 is 1.16 bits per heavy atom. The minimum atomic E-state index is -0.117. The summed E-state index contributed by atoms with van der Waals surface area (Å²) in [4.78, 5) is 0. The van der Waals surface area contributed by atoms with Crippen LogP contribution in [0.3, 0.4) is 0 Å². The van der Waals surface area contributed by atoms with Crippen molar-refractivity contribution in [1.82, 2.24) is 0 Å². The van der Waals surface area contributed by atoms with Gasteiger partial charge in [-0.3, -0.25) is 0 Å². The van der Waals surface area contributed by atoms with Crippen molar-refractivity contribution in [1.29, 1.82) is 0 Å². The van der Waals surface area contributed by atoms with Crippen molar-refractivity contribution in [2.75, 3.05) is 0 Å². The Morgan fingerprint density at radius 3 is 2.47 bits per heavy atom. The quantitative estimate of drug-likeness (QED) is 0.629. The third kappa shape index (κ3) is 4.97. The number of ether oxygens (including phenoxy) is 1. The minimum Gasteiger partial charge on any atom is -0.488 e. The fraction of sp³-hybridized carbons (Fsp3) is 0.647. The molecule has 1 fully saturated rings. The highest BCUT2D eigenvalue weighted by Gasteiger charge is 2.19. The van der Waals surface area contributed by atoms with E-state index in [4.69, 9.17) is 4.74 Å². The van der Waals surface area contributed by atoms with Crippen molar-refractivity contribution < 1.29 is 4.74 Å². The van der Waals surface area contributed by atoms with Gasteiger partial charge in [0.2, 0.25) is 0 Å². The molecule has 2 rings (SSSR count). The van der Waals surface area contributed by atoms with E-state index in [1.54, 1.807) is 0 Å². The summed E-state index contributed by atoms with van der Waals surface area (Å²) in [7, 11) is 0. The fourth-order valence-electron chi connectivity index (χ4n) is 2.84. The average molecular weight is 372 g/mol. The van der Waals surface area contributed by atoms with Crippen LogP contribution in [0.2, 0.25) is 0 Å². The molecule has 0 bridgehead atoms. The van der Waals surface area contributed by atoms with E-state index in [0.29, 0.717) is 0 Å². The van der Waals surface area contributed by atoms with Crippen LogP contribution >= 0.6 is 22.6 Å². The van der Waals surface area contributed by atoms with Gasteiger partial charge in [-0.25, -0.2) is 0 Å². The van der Waals surface area contributed by atoms with Gasteiger partial charge in [0.25, 0.3) is 0 Å². The van der Waals surface area contributed by atoms with E-state index >= 15 is 0 Å². The summed E-state index contributed by atoms with van der Waals surface area (Å²) in [6.07, 6.45) is 8.20. The molecule has 2 heteroatoms. The van der Waals surface area contributed by atoms with E-state index in [0.717, 1.165) is 11.7 Å². The number of rotatable bonds is 3. The molecule has 0 aromatic heterocycles. The Kier molecular flexibility index (Phi) is 5.15. The molecule has 1 aromatic carbocycles. The van der Waals surface area contributed by atoms with Gasteiger partial charge in [0.05, 0.1) is 0 Å². The van der Waals surface area contributed by atoms with Gasteiger partial charge in [-0.15, -0.1) is 0 Å². The first-order valence-electron chi connectivity index (χ1n) is 7.41. The van der Waals surface area contributed by atoms with Crippen molar-refractivity contribution in [3.05, 3.63) is 27.3 Å². The van der Waals surface area contributed by atoms with Gasteiger partial charge in [-0.05, 0) is 79.5 Å². The zero-order chi connectivity index (χ0) is 13.9. The molecular formula is C17H25IO. The van der Waals surface area contributed by atoms with Crippen LogP contribution in [-0.4, -0.2) is 5.60 Å². The molecule has 0 amide bonds. The first kappa shape index (κ1) is 15.1. The lowest BCUT2D eigenvalue weighted by Crippen LogP contribution is -2.24. The van der Waals surface area contributed by atoms with Crippen molar-refractivity contribution >= 4 is 22.6 Å². The second-order valence-corrected chi connectivity index (χ2v) is 7.92. The van der Waals surface area contributed by atoms with Crippen LogP contribution in [0, 0.1) is 9.49 Å². The Bertz CT molecular complexity index is 414. The maximum absolute atomic E-state index is 6.13. The van der Waals surface area contributed by atoms with E-state index in [2.05, 4.69) is 61.6 Å². The molecule has 0 spiro atoms. The first-order chi connectivity index (χ1) is 8.94. The summed E-state index contributed by atoms with van der Waals surface area (Å²) < 4.78 is 7.44. The van der Waals surface area contributed by atoms with Crippen LogP contribution in [-0.2, 0) is 6.42 Å². The van der Waals surface area contributed by atoms with Crippen LogP contribution in [0.25, 0.3) is 0 Å². The molecule has 0 N–H and O–H groups in total. The monoisotopic (exact) mass is 372 g/mol. The molecule has 1 aromatic rings. The summed E-state index contributed by atoms with van der Waals surface area (Å²) in [5, 5.41) is 0. The van der Waals surface area contributed by atoms with E-state index in [9.17, 15) is 0 Å². The molecule has 0 unspecified atom stereocenters. The Labute approximate surface area is 131 Å². The summed E-state index contributed by atoms with van der Waals surface area (Å²) in [5.74, 6) is 1.94. The molecule has 1 saturated carbocycles. The van der Waals surface area contributed by atoms with Gasteiger partial charge < -0.3 is 4.74 Å². The van der Waals surface area contributed by atoms with E-state index in [1.807, 2.05) is 0 Å². The largest absolute Gasteiger partial charge is 0.488 e. The normalized spacial score (nSPS) is 17.5. The second-order valence-electron chi connectivity index (χ2n) is 6.67. The number of halogens is 1. The summed E-state index contributed by atoms with van der Waals surface area (Å²) in [6.45, 7) is 6.36. The molecule has 1 aliphatic carbocycles. The SMILES string of the molecule is CC(C)(C)Oc1ccc(I)cc1CC1CCCCC1. The highest BCUT2D eigenvalue weighted by Crippen LogP contribution is 2.32. The van der Waals surface area contributed by atoms with Crippen LogP contribution < -0.4 is 4.74 Å². The van der Waals surface area contributed by atoms with Gasteiger partial charge in [0.15, 0.2) is 0 Å². The molecule has 0 heterocycles. The Hall–Kier alpha value is -0.250. The fourth-order valence-corrected chi connectivity index (χ4v) is 3.39. The van der Waals surface area contributed by atoms with E-state index in [-0.39, 0.29) is 5.60 Å². The van der Waals surface area contributed by atoms with Crippen LogP contribution in [0.1, 0.15) is 58.4 Å². The third-order valence-corrected chi connectivity index (χ3v) is 4.34. The highest BCUT2D eigenvalue weighted by molar-refractivity contribution is 14.1. The maximum atomic E-state index is 6.13. The summed E-state index contributed by atoms with van der Waals surface area (Å²) in [5.41, 5.74) is 1.28. The van der Waals surface area contributed by atoms with Crippen molar-refractivity contribution in [3.63, 3.8) is 0 Å². The second kappa shape index (κ2) is 6.47. The third-order valence-electron chi connectivity index (χ3n) is 3.67. The molecule has 0 saturated heterocycles. The Morgan fingerprint density at radius 2 is 1.84 bits per heavy atom. The maximum Gasteiger partial charge on any atom is 0.123 e. The lowest BCUT2D eigenvalue weighted by Gasteiger charge is -2.26. The van der Waals surface area contributed by atoms with Crippen molar-refractivity contribution in [3.8, 4) is 5.75 Å². The van der Waals surface area contributed by atoms with Crippen molar-refractivity contribution in [2.45, 2.75) is 64.9 Å². The van der Waals surface area contributed by atoms with Gasteiger partial charge in [0, 0.05) is 3.57 Å². The first-order valence-corrected chi connectivity index (χ1v) is 8.49. The zero-order valence-corrected chi connectivity index (χ0v) is 14.5. The molecule has 1 nitrogen and oxygen atoms in total. The number of hydrogen-bond donors (Lipinski definition) is 0. The van der Waals surface area contributed by atoms with E-state index in [1.165, 1.54) is 47.7 Å². The summed E-state index contributed by atoms with van der Waals surface area (Å²) in [6, 6.07) is 6.59. The molecule has 0 atom stereocenters. The van der Waals surface area contributed by atoms with Crippen LogP contribution in [0.15, 0.2) is 18.2 Å². The van der Waals surface area contributed by atoms with Gasteiger partial charge in [-0.2, -0.15) is 0 Å². The lowest BCUT2D eigenvalue weighted by atomic mass is 9.84. The van der Waals surface area contributed by atoms with E-state index < -0.39 is 0 Å². The zero-order valence-electron chi connectivity index (χ0n) is 12.3. The highest BCUT2D eigenvalue weighted by atomic mass is 127. The Balaban J connectivity index is 2.14. The smallest absolute Gasteiger partial charge is 0.123 e. The van der Waals surface area contributed by atoms with Gasteiger partial charge >= 0.3 is 0 Å². The van der Waals surface area contributed by atoms with Crippen LogP contribution in [0.5, 0.6) is 5.75 Å². The molecule has 0 aliphatic heterocycles. The standard InChI is InChI=1S/C17H25IO/c1-17(2,3)19-16-10-9-15(18)12-14(16)11-13-7-5-4-6-8-13/h9-10,12-13H,4-8,11H2,1-3H3. The average Bonchev–Trinajstić information content (AvgIpc) is 2.32. The predicted molar refractivity (Wildman–Crippen MR) is 89.8 cm³/mol. The molecule has 0 radical (unpaired) electrons. The minimum absolute atomic E-state index is 0.117. The van der Waals surface area contributed by atoms with Gasteiger partial charge in [0.1, 0.15) is 11.4 Å². The van der Waals surface area contributed by atoms with Crippen LogP contribution in [0.4, 0.5) is 0 Å². The number of hydrogen-bond acceptors (Lipinski definition) is 1.